The van der Waals surface area contributed by atoms with Gasteiger partial charge in [0, 0.05) is 25.1 Å². The zero-order valence-electron chi connectivity index (χ0n) is 9.96. The van der Waals surface area contributed by atoms with Crippen molar-refractivity contribution in [2.45, 2.75) is 19.4 Å². The topological polar surface area (TPSA) is 41.4 Å². The van der Waals surface area contributed by atoms with Gasteiger partial charge in [-0.2, -0.15) is 5.10 Å². The Morgan fingerprint density at radius 2 is 2.06 bits per heavy atom. The van der Waals surface area contributed by atoms with E-state index >= 15 is 0 Å². The van der Waals surface area contributed by atoms with Crippen LogP contribution in [0.1, 0.15) is 24.0 Å². The molecule has 4 heteroatoms. The number of fused-ring (bicyclic) bond motifs is 1. The summed E-state index contributed by atoms with van der Waals surface area (Å²) in [5, 5.41) is 7.37. The molecular weight excluding hydrogens is 212 g/mol. The molecule has 0 amide bonds. The van der Waals surface area contributed by atoms with Gasteiger partial charge in [0.1, 0.15) is 5.82 Å². The predicted octanol–water partition coefficient (Wildman–Crippen LogP) is 2.30. The highest BCUT2D eigenvalue weighted by Gasteiger charge is 2.23. The molecule has 0 bridgehead atoms. The van der Waals surface area contributed by atoms with Crippen molar-refractivity contribution in [3.63, 3.8) is 0 Å². The first-order valence-electron chi connectivity index (χ1n) is 5.74. The van der Waals surface area contributed by atoms with Crippen LogP contribution in [-0.2, 0) is 0 Å². The zero-order chi connectivity index (χ0) is 11.8. The van der Waals surface area contributed by atoms with Crippen LogP contribution in [-0.4, -0.2) is 28.2 Å². The molecule has 0 N–H and O–H groups in total. The molecule has 1 aliphatic heterocycles. The van der Waals surface area contributed by atoms with Crippen molar-refractivity contribution in [1.82, 2.24) is 15.0 Å². The van der Waals surface area contributed by atoms with Crippen LogP contribution >= 0.6 is 0 Å². The number of nitrogens with zero attached hydrogens (tertiary/aromatic N) is 4. The van der Waals surface area contributed by atoms with Gasteiger partial charge in [-0.15, -0.1) is 0 Å². The van der Waals surface area contributed by atoms with E-state index in [-0.39, 0.29) is 6.04 Å². The van der Waals surface area contributed by atoms with E-state index in [9.17, 15) is 0 Å². The Morgan fingerprint density at radius 3 is 2.82 bits per heavy atom. The molecule has 17 heavy (non-hydrogen) atoms. The minimum Gasteiger partial charge on any atom is -0.291 e. The molecule has 0 radical (unpaired) electrons. The van der Waals surface area contributed by atoms with Crippen molar-refractivity contribution < 1.29 is 0 Å². The van der Waals surface area contributed by atoms with Crippen LogP contribution < -0.4 is 0 Å². The van der Waals surface area contributed by atoms with E-state index in [1.54, 1.807) is 0 Å². The number of hydrazone groups is 1. The Kier molecular flexibility index (Phi) is 2.28. The minimum atomic E-state index is 0.238. The lowest BCUT2D eigenvalue weighted by Gasteiger charge is -2.20. The summed E-state index contributed by atoms with van der Waals surface area (Å²) in [5.74, 6) is 0.819. The van der Waals surface area contributed by atoms with Crippen LogP contribution in [0.15, 0.2) is 29.4 Å². The number of hydrogen-bond donors (Lipinski definition) is 0. The molecule has 1 aliphatic rings. The van der Waals surface area contributed by atoms with Crippen LogP contribution in [0.2, 0.25) is 0 Å². The second kappa shape index (κ2) is 3.80. The molecule has 3 rings (SSSR count). The fourth-order valence-electron chi connectivity index (χ4n) is 2.27. The summed E-state index contributed by atoms with van der Waals surface area (Å²) in [6, 6.07) is 8.38. The Labute approximate surface area is 100.0 Å². The number of aromatic nitrogens is 2. The highest BCUT2D eigenvalue weighted by molar-refractivity contribution is 5.82. The second-order valence-electron chi connectivity index (χ2n) is 4.30. The normalized spacial score (nSPS) is 19.2. The number of aryl methyl sites for hydroxylation is 1. The lowest BCUT2D eigenvalue weighted by atomic mass is 10.1. The Bertz CT molecular complexity index is 591. The molecule has 2 aromatic rings. The summed E-state index contributed by atoms with van der Waals surface area (Å²) in [5.41, 5.74) is 2.09. The van der Waals surface area contributed by atoms with E-state index in [1.165, 1.54) is 0 Å². The fraction of sp³-hybridized carbons (Fsp3) is 0.308. The van der Waals surface area contributed by atoms with Crippen molar-refractivity contribution >= 4 is 17.1 Å². The molecule has 86 valence electrons. The van der Waals surface area contributed by atoms with Gasteiger partial charge in [-0.3, -0.25) is 5.01 Å². The molecule has 0 aliphatic carbocycles. The maximum atomic E-state index is 4.60. The monoisotopic (exact) mass is 226 g/mol. The SMILES string of the molecule is Cc1nc(C2CC=NN2C)c2ccccc2n1. The lowest BCUT2D eigenvalue weighted by molar-refractivity contribution is 0.286. The summed E-state index contributed by atoms with van der Waals surface area (Å²) in [6.07, 6.45) is 2.85. The first-order valence-corrected chi connectivity index (χ1v) is 5.74. The molecule has 1 unspecified atom stereocenters. The van der Waals surface area contributed by atoms with Crippen molar-refractivity contribution in [3.05, 3.63) is 35.8 Å². The molecule has 2 heterocycles. The lowest BCUT2D eigenvalue weighted by Crippen LogP contribution is -2.16. The van der Waals surface area contributed by atoms with Crippen LogP contribution in [0.5, 0.6) is 0 Å². The van der Waals surface area contributed by atoms with Gasteiger partial charge in [-0.25, -0.2) is 9.97 Å². The molecule has 0 saturated heterocycles. The van der Waals surface area contributed by atoms with Gasteiger partial charge in [-0.05, 0) is 13.0 Å². The number of benzene rings is 1. The van der Waals surface area contributed by atoms with Crippen molar-refractivity contribution in [1.29, 1.82) is 0 Å². The third-order valence-electron chi connectivity index (χ3n) is 3.10. The maximum absolute atomic E-state index is 4.60. The molecule has 4 nitrogen and oxygen atoms in total. The van der Waals surface area contributed by atoms with Crippen molar-refractivity contribution in [3.8, 4) is 0 Å². The molecule has 1 aromatic heterocycles. The van der Waals surface area contributed by atoms with E-state index in [0.29, 0.717) is 0 Å². The first-order chi connectivity index (χ1) is 8.25. The first kappa shape index (κ1) is 10.2. The molecule has 1 atom stereocenters. The van der Waals surface area contributed by atoms with Crippen molar-refractivity contribution in [2.24, 2.45) is 5.10 Å². The van der Waals surface area contributed by atoms with Crippen LogP contribution in [0.25, 0.3) is 10.9 Å². The maximum Gasteiger partial charge on any atom is 0.126 e. The van der Waals surface area contributed by atoms with E-state index in [0.717, 1.165) is 28.8 Å². The average Bonchev–Trinajstić information content (AvgIpc) is 2.74. The van der Waals surface area contributed by atoms with E-state index < -0.39 is 0 Å². The van der Waals surface area contributed by atoms with Gasteiger partial charge in [0.2, 0.25) is 0 Å². The highest BCUT2D eigenvalue weighted by Crippen LogP contribution is 2.29. The minimum absolute atomic E-state index is 0.238. The van der Waals surface area contributed by atoms with Gasteiger partial charge < -0.3 is 0 Å². The zero-order valence-corrected chi connectivity index (χ0v) is 9.96. The number of hydrogen-bond acceptors (Lipinski definition) is 4. The molecule has 0 saturated carbocycles. The Morgan fingerprint density at radius 1 is 1.24 bits per heavy atom. The van der Waals surface area contributed by atoms with E-state index in [4.69, 9.17) is 0 Å². The third-order valence-corrected chi connectivity index (χ3v) is 3.10. The van der Waals surface area contributed by atoms with Crippen molar-refractivity contribution in [2.75, 3.05) is 7.05 Å². The third kappa shape index (κ3) is 1.65. The Balaban J connectivity index is 2.21. The fourth-order valence-corrected chi connectivity index (χ4v) is 2.27. The quantitative estimate of drug-likeness (QED) is 0.749. The molecule has 0 fully saturated rings. The van der Waals surface area contributed by atoms with Gasteiger partial charge in [0.25, 0.3) is 0 Å². The summed E-state index contributed by atoms with van der Waals surface area (Å²) in [4.78, 5) is 9.06. The van der Waals surface area contributed by atoms with Gasteiger partial charge in [0.05, 0.1) is 17.3 Å². The average molecular weight is 226 g/mol. The van der Waals surface area contributed by atoms with Gasteiger partial charge >= 0.3 is 0 Å². The largest absolute Gasteiger partial charge is 0.291 e. The highest BCUT2D eigenvalue weighted by atomic mass is 15.5. The Hall–Kier alpha value is -1.97. The summed E-state index contributed by atoms with van der Waals surface area (Å²) >= 11 is 0. The van der Waals surface area contributed by atoms with Gasteiger partial charge in [0.15, 0.2) is 0 Å². The van der Waals surface area contributed by atoms with Crippen LogP contribution in [0.3, 0.4) is 0 Å². The molecule has 1 aromatic carbocycles. The van der Waals surface area contributed by atoms with Gasteiger partial charge in [-0.1, -0.05) is 18.2 Å². The predicted molar refractivity (Wildman–Crippen MR) is 67.9 cm³/mol. The number of rotatable bonds is 1. The summed E-state index contributed by atoms with van der Waals surface area (Å²) < 4.78 is 0. The smallest absolute Gasteiger partial charge is 0.126 e. The summed E-state index contributed by atoms with van der Waals surface area (Å²) in [7, 11) is 1.99. The van der Waals surface area contributed by atoms with E-state index in [1.807, 2.05) is 43.4 Å². The number of para-hydroxylation sites is 1. The van der Waals surface area contributed by atoms with Crippen LogP contribution in [0.4, 0.5) is 0 Å². The summed E-state index contributed by atoms with van der Waals surface area (Å²) in [6.45, 7) is 1.94. The van der Waals surface area contributed by atoms with Crippen LogP contribution in [0, 0.1) is 6.92 Å². The standard InChI is InChI=1S/C13H14N4/c1-9-15-11-6-4-3-5-10(11)13(16-9)12-7-8-14-17(12)2/h3-6,8,12H,7H2,1-2H3. The molecular formula is C13H14N4. The van der Waals surface area contributed by atoms with E-state index in [2.05, 4.69) is 21.1 Å². The second-order valence-corrected chi connectivity index (χ2v) is 4.30. The molecule has 0 spiro atoms.